The van der Waals surface area contributed by atoms with E-state index in [1.165, 1.54) is 6.07 Å². The molecule has 104 valence electrons. The number of carbonyl (C=O) groups is 1. The van der Waals surface area contributed by atoms with Crippen molar-refractivity contribution in [2.75, 3.05) is 5.32 Å². The molecule has 2 rings (SSSR count). The first kappa shape index (κ1) is 14.5. The Hall–Kier alpha value is -1.94. The van der Waals surface area contributed by atoms with Crippen molar-refractivity contribution in [1.82, 2.24) is 0 Å². The highest BCUT2D eigenvalue weighted by Gasteiger charge is 2.11. The molecule has 0 heterocycles. The van der Waals surface area contributed by atoms with E-state index in [-0.39, 0.29) is 6.42 Å². The van der Waals surface area contributed by atoms with Crippen molar-refractivity contribution in [2.45, 2.75) is 12.8 Å². The maximum absolute atomic E-state index is 13.3. The number of benzene rings is 2. The summed E-state index contributed by atoms with van der Waals surface area (Å²) in [5, 5.41) is 2.86. The van der Waals surface area contributed by atoms with Crippen LogP contribution in [0.5, 0.6) is 0 Å². The summed E-state index contributed by atoms with van der Waals surface area (Å²) in [6.07, 6.45) is 0.606. The van der Waals surface area contributed by atoms with Crippen LogP contribution in [0.2, 0.25) is 5.02 Å². The molecule has 1 N–H and O–H groups in total. The predicted octanol–water partition coefficient (Wildman–Crippen LogP) is 4.19. The van der Waals surface area contributed by atoms with Gasteiger partial charge in [-0.2, -0.15) is 0 Å². The summed E-state index contributed by atoms with van der Waals surface area (Å²) < 4.78 is 26.7. The third kappa shape index (κ3) is 3.78. The van der Waals surface area contributed by atoms with Gasteiger partial charge in [0, 0.05) is 11.4 Å². The third-order valence-corrected chi connectivity index (χ3v) is 3.03. The van der Waals surface area contributed by atoms with Gasteiger partial charge in [0.15, 0.2) is 0 Å². The fraction of sp³-hybridized carbons (Fsp3) is 0.133. The average molecular weight is 296 g/mol. The van der Waals surface area contributed by atoms with Crippen molar-refractivity contribution >= 4 is 23.2 Å². The molecule has 2 aromatic carbocycles. The number of halogens is 3. The molecule has 5 heteroatoms. The smallest absolute Gasteiger partial charge is 0.224 e. The molecular weight excluding hydrogens is 284 g/mol. The van der Waals surface area contributed by atoms with Gasteiger partial charge in [-0.25, -0.2) is 8.78 Å². The van der Waals surface area contributed by atoms with Crippen LogP contribution >= 0.6 is 11.6 Å². The summed E-state index contributed by atoms with van der Waals surface area (Å²) in [6.45, 7) is 0. The molecular formula is C15H12ClF2NO. The number of hydrogen-bond donors (Lipinski definition) is 1. The summed E-state index contributed by atoms with van der Waals surface area (Å²) in [5.41, 5.74) is 0.521. The second-order valence-electron chi connectivity index (χ2n) is 4.27. The number of para-hydroxylation sites is 1. The fourth-order valence-corrected chi connectivity index (χ4v) is 1.85. The summed E-state index contributed by atoms with van der Waals surface area (Å²) in [4.78, 5) is 11.7. The summed E-state index contributed by atoms with van der Waals surface area (Å²) >= 11 is 5.75. The molecule has 0 aromatic heterocycles. The number of carbonyl (C=O) groups excluding carboxylic acids is 1. The minimum absolute atomic E-state index is 0.134. The van der Waals surface area contributed by atoms with Gasteiger partial charge in [0.25, 0.3) is 0 Å². The molecule has 0 saturated carbocycles. The maximum Gasteiger partial charge on any atom is 0.224 e. The number of anilines is 1. The third-order valence-electron chi connectivity index (χ3n) is 2.78. The molecule has 0 fully saturated rings. The highest BCUT2D eigenvalue weighted by atomic mass is 35.5. The van der Waals surface area contributed by atoms with E-state index in [1.807, 2.05) is 0 Å². The van der Waals surface area contributed by atoms with Crippen molar-refractivity contribution in [3.63, 3.8) is 0 Å². The van der Waals surface area contributed by atoms with E-state index >= 15 is 0 Å². The Morgan fingerprint density at radius 3 is 2.25 bits per heavy atom. The Kier molecular flexibility index (Phi) is 4.69. The topological polar surface area (TPSA) is 29.1 Å². The molecule has 2 aromatic rings. The zero-order chi connectivity index (χ0) is 14.5. The first-order valence-electron chi connectivity index (χ1n) is 6.04. The normalized spacial score (nSPS) is 10.3. The Labute approximate surface area is 120 Å². The maximum atomic E-state index is 13.3. The summed E-state index contributed by atoms with van der Waals surface area (Å²) in [6, 6.07) is 10.5. The van der Waals surface area contributed by atoms with Gasteiger partial charge >= 0.3 is 0 Å². The van der Waals surface area contributed by atoms with Crippen LogP contribution in [0.25, 0.3) is 0 Å². The van der Waals surface area contributed by atoms with Crippen molar-refractivity contribution in [3.05, 3.63) is 64.7 Å². The lowest BCUT2D eigenvalue weighted by Crippen LogP contribution is -2.14. The van der Waals surface area contributed by atoms with Crippen LogP contribution in [-0.2, 0) is 11.2 Å². The van der Waals surface area contributed by atoms with Crippen LogP contribution in [-0.4, -0.2) is 5.91 Å². The van der Waals surface area contributed by atoms with E-state index in [2.05, 4.69) is 5.32 Å². The van der Waals surface area contributed by atoms with E-state index in [0.717, 1.165) is 17.7 Å². The molecule has 2 nitrogen and oxygen atoms in total. The molecule has 0 aliphatic rings. The molecule has 0 aliphatic heterocycles. The van der Waals surface area contributed by atoms with Gasteiger partial charge in [-0.05, 0) is 36.2 Å². The van der Waals surface area contributed by atoms with Gasteiger partial charge < -0.3 is 5.32 Å². The van der Waals surface area contributed by atoms with Crippen LogP contribution in [0.1, 0.15) is 12.0 Å². The predicted molar refractivity (Wildman–Crippen MR) is 74.8 cm³/mol. The van der Waals surface area contributed by atoms with Gasteiger partial charge in [-0.3, -0.25) is 4.79 Å². The van der Waals surface area contributed by atoms with Crippen LogP contribution in [0.4, 0.5) is 14.5 Å². The molecule has 0 spiro atoms. The van der Waals surface area contributed by atoms with Crippen LogP contribution in [0.15, 0.2) is 42.5 Å². The number of amides is 1. The minimum Gasteiger partial charge on any atom is -0.321 e. The molecule has 0 unspecified atom stereocenters. The lowest BCUT2D eigenvalue weighted by molar-refractivity contribution is -0.116. The lowest BCUT2D eigenvalue weighted by Gasteiger charge is -2.07. The van der Waals surface area contributed by atoms with E-state index in [4.69, 9.17) is 11.6 Å². The van der Waals surface area contributed by atoms with Gasteiger partial charge in [-0.1, -0.05) is 29.8 Å². The van der Waals surface area contributed by atoms with E-state index in [9.17, 15) is 13.6 Å². The molecule has 0 radical (unpaired) electrons. The molecule has 1 amide bonds. The Morgan fingerprint density at radius 2 is 1.65 bits per heavy atom. The van der Waals surface area contributed by atoms with E-state index in [1.54, 1.807) is 24.3 Å². The second-order valence-corrected chi connectivity index (χ2v) is 4.71. The van der Waals surface area contributed by atoms with Crippen molar-refractivity contribution in [1.29, 1.82) is 0 Å². The molecule has 0 atom stereocenters. The quantitative estimate of drug-likeness (QED) is 0.900. The Balaban J connectivity index is 1.94. The zero-order valence-electron chi connectivity index (χ0n) is 10.5. The molecule has 0 bridgehead atoms. The van der Waals surface area contributed by atoms with Crippen molar-refractivity contribution < 1.29 is 13.6 Å². The highest BCUT2D eigenvalue weighted by Crippen LogP contribution is 2.18. The van der Waals surface area contributed by atoms with Crippen LogP contribution in [0.3, 0.4) is 0 Å². The van der Waals surface area contributed by atoms with Gasteiger partial charge in [0.05, 0.1) is 0 Å². The summed E-state index contributed by atoms with van der Waals surface area (Å²) in [7, 11) is 0. The SMILES string of the molecule is O=C(CCc1ccc(Cl)cc1)Nc1c(F)cccc1F. The lowest BCUT2D eigenvalue weighted by atomic mass is 10.1. The largest absolute Gasteiger partial charge is 0.321 e. The van der Waals surface area contributed by atoms with Crippen LogP contribution in [0, 0.1) is 11.6 Å². The standard InChI is InChI=1S/C15H12ClF2NO/c16-11-7-4-10(5-8-11)6-9-14(20)19-15-12(17)2-1-3-13(15)18/h1-5,7-8H,6,9H2,(H,19,20). The Bertz CT molecular complexity index is 594. The fourth-order valence-electron chi connectivity index (χ4n) is 1.73. The van der Waals surface area contributed by atoms with Gasteiger partial charge in [0.1, 0.15) is 17.3 Å². The van der Waals surface area contributed by atoms with Crippen LogP contribution < -0.4 is 5.32 Å². The molecule has 20 heavy (non-hydrogen) atoms. The summed E-state index contributed by atoms with van der Waals surface area (Å²) in [5.74, 6) is -2.02. The number of aryl methyl sites for hydroxylation is 1. The zero-order valence-corrected chi connectivity index (χ0v) is 11.3. The van der Waals surface area contributed by atoms with E-state index in [0.29, 0.717) is 11.4 Å². The van der Waals surface area contributed by atoms with Crippen molar-refractivity contribution in [3.8, 4) is 0 Å². The number of hydrogen-bond acceptors (Lipinski definition) is 1. The number of nitrogens with one attached hydrogen (secondary N) is 1. The molecule has 0 saturated heterocycles. The van der Waals surface area contributed by atoms with Crippen molar-refractivity contribution in [2.24, 2.45) is 0 Å². The van der Waals surface area contributed by atoms with E-state index < -0.39 is 23.2 Å². The highest BCUT2D eigenvalue weighted by molar-refractivity contribution is 6.30. The minimum atomic E-state index is -0.787. The average Bonchev–Trinajstić information content (AvgIpc) is 2.42. The monoisotopic (exact) mass is 295 g/mol. The second kappa shape index (κ2) is 6.48. The molecule has 0 aliphatic carbocycles. The first-order chi connectivity index (χ1) is 9.56. The van der Waals surface area contributed by atoms with Gasteiger partial charge in [-0.15, -0.1) is 0 Å². The number of rotatable bonds is 4. The first-order valence-corrected chi connectivity index (χ1v) is 6.42. The Morgan fingerprint density at radius 1 is 1.05 bits per heavy atom. The van der Waals surface area contributed by atoms with Gasteiger partial charge in [0.2, 0.25) is 5.91 Å².